The third-order valence-electron chi connectivity index (χ3n) is 7.48. The molecule has 2 aromatic heterocycles. The molecule has 44 heavy (non-hydrogen) atoms. The summed E-state index contributed by atoms with van der Waals surface area (Å²) in [5.41, 5.74) is 0. The van der Waals surface area contributed by atoms with Crippen molar-refractivity contribution in [2.75, 3.05) is 0 Å². The number of unbranched alkanes of at least 4 members (excludes halogenated alkanes) is 5. The van der Waals surface area contributed by atoms with Crippen molar-refractivity contribution < 1.29 is 28.5 Å². The maximum absolute atomic E-state index is 10.5. The highest BCUT2D eigenvalue weighted by atomic mass is 16.5. The summed E-state index contributed by atoms with van der Waals surface area (Å²) in [7, 11) is 0. The van der Waals surface area contributed by atoms with Crippen LogP contribution >= 0.6 is 0 Å². The molecule has 6 rings (SSSR count). The van der Waals surface area contributed by atoms with Gasteiger partial charge in [0.2, 0.25) is 11.8 Å². The average molecular weight is 595 g/mol. The van der Waals surface area contributed by atoms with E-state index in [1.165, 1.54) is 0 Å². The van der Waals surface area contributed by atoms with Gasteiger partial charge in [-0.15, -0.1) is 20.4 Å². The molecule has 0 aliphatic heterocycles. The van der Waals surface area contributed by atoms with Crippen LogP contribution in [0.1, 0.15) is 62.1 Å². The van der Waals surface area contributed by atoms with Gasteiger partial charge in [0.1, 0.15) is 0 Å². The molecular weight excluding hydrogens is 560 g/mol. The lowest BCUT2D eigenvalue weighted by molar-refractivity contribution is 0.249. The van der Waals surface area contributed by atoms with E-state index in [-0.39, 0.29) is 24.7 Å². The molecule has 0 saturated heterocycles. The summed E-state index contributed by atoms with van der Waals surface area (Å²) in [6.45, 7) is 0.197. The Balaban J connectivity index is 0.839. The first kappa shape index (κ1) is 29.0. The van der Waals surface area contributed by atoms with Crippen molar-refractivity contribution >= 4 is 21.5 Å². The van der Waals surface area contributed by atoms with Gasteiger partial charge in [0.05, 0.1) is 0 Å². The van der Waals surface area contributed by atoms with E-state index in [1.54, 1.807) is 12.1 Å². The van der Waals surface area contributed by atoms with Gasteiger partial charge >= 0.3 is 0 Å². The van der Waals surface area contributed by atoms with Crippen LogP contribution in [-0.2, 0) is 26.1 Å². The van der Waals surface area contributed by atoms with E-state index in [2.05, 4.69) is 20.4 Å². The number of nitrogens with zero attached hydrogens (tertiary/aromatic N) is 4. The molecular formula is C34H34N4O6. The third kappa shape index (κ3) is 7.08. The van der Waals surface area contributed by atoms with Gasteiger partial charge in [0.25, 0.3) is 11.8 Å². The molecule has 2 heterocycles. The van der Waals surface area contributed by atoms with Gasteiger partial charge in [0, 0.05) is 23.6 Å². The lowest BCUT2D eigenvalue weighted by atomic mass is 10.1. The molecule has 0 fully saturated rings. The zero-order valence-corrected chi connectivity index (χ0v) is 24.3. The van der Waals surface area contributed by atoms with E-state index in [0.717, 1.165) is 72.9 Å². The predicted molar refractivity (Wildman–Crippen MR) is 164 cm³/mol. The molecule has 0 bridgehead atoms. The number of phenols is 2. The number of ether oxygens (including phenoxy) is 2. The third-order valence-corrected chi connectivity index (χ3v) is 7.48. The highest BCUT2D eigenvalue weighted by Crippen LogP contribution is 2.35. The largest absolute Gasteiger partial charge is 0.504 e. The maximum Gasteiger partial charge on any atom is 0.253 e. The van der Waals surface area contributed by atoms with Crippen molar-refractivity contribution in [3.8, 4) is 23.0 Å². The molecule has 0 spiro atoms. The first-order chi connectivity index (χ1) is 21.6. The number of aromatic nitrogens is 4. The van der Waals surface area contributed by atoms with Crippen molar-refractivity contribution in [1.29, 1.82) is 0 Å². The van der Waals surface area contributed by atoms with Crippen LogP contribution in [0, 0.1) is 0 Å². The summed E-state index contributed by atoms with van der Waals surface area (Å²) < 4.78 is 22.9. The van der Waals surface area contributed by atoms with E-state index in [9.17, 15) is 10.2 Å². The molecule has 0 saturated carbocycles. The summed E-state index contributed by atoms with van der Waals surface area (Å²) in [5, 5.41) is 40.7. The molecule has 2 N–H and O–H groups in total. The van der Waals surface area contributed by atoms with Crippen molar-refractivity contribution in [1.82, 2.24) is 20.4 Å². The van der Waals surface area contributed by atoms with E-state index in [4.69, 9.17) is 18.3 Å². The van der Waals surface area contributed by atoms with Crippen molar-refractivity contribution in [3.05, 3.63) is 96.4 Å². The summed E-state index contributed by atoms with van der Waals surface area (Å²) in [6.07, 6.45) is 7.75. The number of aryl methyl sites for hydroxylation is 2. The minimum Gasteiger partial charge on any atom is -0.504 e. The Labute approximate surface area is 254 Å². The quantitative estimate of drug-likeness (QED) is 0.115. The fraction of sp³-hybridized carbons (Fsp3) is 0.294. The van der Waals surface area contributed by atoms with E-state index < -0.39 is 0 Å². The van der Waals surface area contributed by atoms with Crippen LogP contribution in [0.2, 0.25) is 0 Å². The van der Waals surface area contributed by atoms with Gasteiger partial charge in [-0.3, -0.25) is 0 Å². The van der Waals surface area contributed by atoms with Gasteiger partial charge in [-0.2, -0.15) is 0 Å². The molecule has 6 aromatic rings. The minimum atomic E-state index is 0.0987. The van der Waals surface area contributed by atoms with Crippen LogP contribution in [0.15, 0.2) is 81.6 Å². The minimum absolute atomic E-state index is 0.0987. The molecule has 0 radical (unpaired) electrons. The lowest BCUT2D eigenvalue weighted by Gasteiger charge is -2.08. The number of benzene rings is 4. The molecule has 0 amide bonds. The normalized spacial score (nSPS) is 11.4. The van der Waals surface area contributed by atoms with Crippen LogP contribution in [0.25, 0.3) is 21.5 Å². The van der Waals surface area contributed by atoms with Crippen molar-refractivity contribution in [2.45, 2.75) is 64.6 Å². The standard InChI is InChI=1S/C34H34N4O6/c39-33-25-13-9-7-11-23(25)17-19-27(33)41-21-31-37-35-29(43-31)15-5-3-1-2-4-6-16-30-36-38-32(44-30)22-42-28-20-18-24-12-8-10-14-26(24)34(28)40/h7-14,17-20,39-40H,1-6,15-16,21-22H2. The van der Waals surface area contributed by atoms with Gasteiger partial charge in [-0.1, -0.05) is 86.3 Å². The fourth-order valence-electron chi connectivity index (χ4n) is 5.14. The Morgan fingerprint density at radius 1 is 0.477 bits per heavy atom. The van der Waals surface area contributed by atoms with Crippen LogP contribution in [0.4, 0.5) is 0 Å². The van der Waals surface area contributed by atoms with Gasteiger partial charge < -0.3 is 28.5 Å². The smallest absolute Gasteiger partial charge is 0.253 e. The summed E-state index contributed by atoms with van der Waals surface area (Å²) >= 11 is 0. The first-order valence-electron chi connectivity index (χ1n) is 14.9. The number of hydrogen-bond acceptors (Lipinski definition) is 10. The van der Waals surface area contributed by atoms with E-state index in [0.29, 0.717) is 35.1 Å². The topological polar surface area (TPSA) is 137 Å². The second-order valence-corrected chi connectivity index (χ2v) is 10.6. The van der Waals surface area contributed by atoms with Crippen LogP contribution in [0.5, 0.6) is 23.0 Å². The average Bonchev–Trinajstić information content (AvgIpc) is 3.71. The molecule has 0 unspecified atom stereocenters. The summed E-state index contributed by atoms with van der Waals surface area (Å²) in [5.74, 6) is 2.94. The van der Waals surface area contributed by atoms with Crippen LogP contribution in [-0.4, -0.2) is 30.6 Å². The highest BCUT2D eigenvalue weighted by molar-refractivity contribution is 5.91. The zero-order chi connectivity index (χ0) is 30.1. The van der Waals surface area contributed by atoms with Gasteiger partial charge in [-0.05, 0) is 35.7 Å². The van der Waals surface area contributed by atoms with Crippen LogP contribution < -0.4 is 9.47 Å². The highest BCUT2D eigenvalue weighted by Gasteiger charge is 2.12. The van der Waals surface area contributed by atoms with E-state index >= 15 is 0 Å². The van der Waals surface area contributed by atoms with Gasteiger partial charge in [-0.25, -0.2) is 0 Å². The Morgan fingerprint density at radius 3 is 1.36 bits per heavy atom. The molecule has 226 valence electrons. The maximum atomic E-state index is 10.5. The van der Waals surface area contributed by atoms with Gasteiger partial charge in [0.15, 0.2) is 36.2 Å². The molecule has 10 nitrogen and oxygen atoms in total. The summed E-state index contributed by atoms with van der Waals surface area (Å²) in [6, 6.07) is 22.5. The Hall–Kier alpha value is -5.12. The fourth-order valence-corrected chi connectivity index (χ4v) is 5.14. The van der Waals surface area contributed by atoms with E-state index in [1.807, 2.05) is 60.7 Å². The lowest BCUT2D eigenvalue weighted by Crippen LogP contribution is -1.96. The number of aromatic hydroxyl groups is 2. The number of phenolic OH excluding ortho intramolecular Hbond substituents is 2. The number of hydrogen-bond donors (Lipinski definition) is 2. The number of rotatable bonds is 15. The number of fused-ring (bicyclic) bond motifs is 2. The monoisotopic (exact) mass is 594 g/mol. The Morgan fingerprint density at radius 2 is 0.886 bits per heavy atom. The Bertz CT molecular complexity index is 1700. The summed E-state index contributed by atoms with van der Waals surface area (Å²) in [4.78, 5) is 0. The van der Waals surface area contributed by atoms with Crippen LogP contribution in [0.3, 0.4) is 0 Å². The SMILES string of the molecule is Oc1c(OCc2nnc(CCCCCCCCc3nnc(COc4ccc5ccccc5c4O)o3)o2)ccc2ccccc12. The second kappa shape index (κ2) is 13.9. The van der Waals surface area contributed by atoms with Crippen molar-refractivity contribution in [3.63, 3.8) is 0 Å². The molecule has 0 atom stereocenters. The molecule has 0 aliphatic carbocycles. The van der Waals surface area contributed by atoms with Crippen molar-refractivity contribution in [2.24, 2.45) is 0 Å². The molecule has 4 aromatic carbocycles. The zero-order valence-electron chi connectivity index (χ0n) is 24.3. The molecule has 0 aliphatic rings. The second-order valence-electron chi connectivity index (χ2n) is 10.6. The predicted octanol–water partition coefficient (Wildman–Crippen LogP) is 7.45. The Kier molecular flexibility index (Phi) is 9.15. The first-order valence-corrected chi connectivity index (χ1v) is 14.9. The molecule has 10 heteroatoms.